The molecule has 3 heterocycles. The van der Waals surface area contributed by atoms with Crippen molar-refractivity contribution in [1.29, 1.82) is 0 Å². The first-order chi connectivity index (χ1) is 11.5. The van der Waals surface area contributed by atoms with Crippen molar-refractivity contribution in [1.82, 2.24) is 9.61 Å². The minimum Gasteiger partial charge on any atom is -0.481 e. The van der Waals surface area contributed by atoms with E-state index in [-0.39, 0.29) is 6.10 Å². The van der Waals surface area contributed by atoms with Crippen molar-refractivity contribution >= 4 is 28.9 Å². The Balaban J connectivity index is 1.84. The quantitative estimate of drug-likeness (QED) is 0.674. The number of nitrogens with zero attached hydrogens (tertiary/aromatic N) is 2. The third-order valence-corrected chi connectivity index (χ3v) is 4.67. The third-order valence-electron chi connectivity index (χ3n) is 4.12. The van der Waals surface area contributed by atoms with Gasteiger partial charge in [0.15, 0.2) is 0 Å². The van der Waals surface area contributed by atoms with Gasteiger partial charge in [-0.15, -0.1) is 0 Å². The lowest BCUT2D eigenvalue weighted by Gasteiger charge is -2.09. The van der Waals surface area contributed by atoms with Crippen molar-refractivity contribution in [3.8, 4) is 17.0 Å². The fraction of sp³-hybridized carbons (Fsp3) is 0.353. The highest BCUT2D eigenvalue weighted by Gasteiger charge is 2.26. The normalized spacial score (nSPS) is 17.8. The second-order valence-corrected chi connectivity index (χ2v) is 6.71. The fourth-order valence-corrected chi connectivity index (χ4v) is 3.47. The van der Waals surface area contributed by atoms with E-state index in [0.29, 0.717) is 33.9 Å². The molecule has 7 heteroatoms. The smallest absolute Gasteiger partial charge is 0.266 e. The molecule has 0 saturated carbocycles. The second kappa shape index (κ2) is 5.99. The third kappa shape index (κ3) is 2.57. The zero-order valence-electron chi connectivity index (χ0n) is 13.3. The first-order valence-electron chi connectivity index (χ1n) is 7.73. The molecule has 2 aromatic heterocycles. The van der Waals surface area contributed by atoms with E-state index in [1.807, 2.05) is 19.9 Å². The Morgan fingerprint density at radius 2 is 2.12 bits per heavy atom. The van der Waals surface area contributed by atoms with E-state index in [4.69, 9.17) is 37.1 Å². The maximum Gasteiger partial charge on any atom is 0.266 e. The number of aryl methyl sites for hydroxylation is 2. The molecule has 24 heavy (non-hydrogen) atoms. The number of oxazole rings is 1. The first-order valence-corrected chi connectivity index (χ1v) is 8.48. The molecular weight excluding hydrogens is 351 g/mol. The molecule has 1 aromatic carbocycles. The van der Waals surface area contributed by atoms with Gasteiger partial charge in [0.1, 0.15) is 23.3 Å². The van der Waals surface area contributed by atoms with Gasteiger partial charge in [0.25, 0.3) is 5.71 Å². The van der Waals surface area contributed by atoms with Crippen LogP contribution in [0.2, 0.25) is 10.0 Å². The van der Waals surface area contributed by atoms with E-state index in [1.54, 1.807) is 16.6 Å². The number of benzene rings is 1. The Morgan fingerprint density at radius 3 is 2.83 bits per heavy atom. The van der Waals surface area contributed by atoms with Crippen molar-refractivity contribution in [3.05, 3.63) is 39.7 Å². The Kier molecular flexibility index (Phi) is 3.95. The second-order valence-electron chi connectivity index (χ2n) is 5.87. The van der Waals surface area contributed by atoms with Crippen LogP contribution in [-0.2, 0) is 4.74 Å². The number of ether oxygens (including phenoxy) is 2. The van der Waals surface area contributed by atoms with E-state index in [9.17, 15) is 0 Å². The van der Waals surface area contributed by atoms with Gasteiger partial charge < -0.3 is 13.9 Å². The highest BCUT2D eigenvalue weighted by atomic mass is 35.5. The summed E-state index contributed by atoms with van der Waals surface area (Å²) in [6.45, 7) is 5.09. The van der Waals surface area contributed by atoms with Gasteiger partial charge in [-0.25, -0.2) is 0 Å². The number of fused-ring (bicyclic) bond motifs is 1. The van der Waals surface area contributed by atoms with Crippen LogP contribution in [0.25, 0.3) is 17.0 Å². The summed E-state index contributed by atoms with van der Waals surface area (Å²) in [6.07, 6.45) is 0.900. The molecule has 4 rings (SSSR count). The predicted molar refractivity (Wildman–Crippen MR) is 92.2 cm³/mol. The minimum absolute atomic E-state index is 0.0321. The summed E-state index contributed by atoms with van der Waals surface area (Å²) in [6, 6.07) is 5.37. The molecule has 1 fully saturated rings. The summed E-state index contributed by atoms with van der Waals surface area (Å²) in [5.41, 5.74) is 2.97. The van der Waals surface area contributed by atoms with Crippen molar-refractivity contribution in [3.63, 3.8) is 0 Å². The van der Waals surface area contributed by atoms with Crippen molar-refractivity contribution in [2.45, 2.75) is 26.4 Å². The van der Waals surface area contributed by atoms with Crippen LogP contribution in [0, 0.1) is 13.8 Å². The van der Waals surface area contributed by atoms with Crippen molar-refractivity contribution in [2.24, 2.45) is 0 Å². The van der Waals surface area contributed by atoms with Crippen molar-refractivity contribution in [2.75, 3.05) is 13.2 Å². The Labute approximate surface area is 149 Å². The number of halogens is 2. The van der Waals surface area contributed by atoms with Gasteiger partial charge in [-0.2, -0.15) is 9.61 Å². The molecule has 0 N–H and O–H groups in total. The first kappa shape index (κ1) is 15.8. The molecule has 0 radical (unpaired) electrons. The highest BCUT2D eigenvalue weighted by Crippen LogP contribution is 2.38. The van der Waals surface area contributed by atoms with Gasteiger partial charge in [-0.3, -0.25) is 0 Å². The van der Waals surface area contributed by atoms with Crippen LogP contribution in [0.5, 0.6) is 5.75 Å². The summed E-state index contributed by atoms with van der Waals surface area (Å²) in [7, 11) is 0. The summed E-state index contributed by atoms with van der Waals surface area (Å²) in [5, 5.41) is 5.72. The van der Waals surface area contributed by atoms with Gasteiger partial charge >= 0.3 is 0 Å². The van der Waals surface area contributed by atoms with Crippen LogP contribution < -0.4 is 4.74 Å². The van der Waals surface area contributed by atoms with Crippen LogP contribution >= 0.6 is 23.2 Å². The summed E-state index contributed by atoms with van der Waals surface area (Å²) in [5.74, 6) is 1.37. The fourth-order valence-electron chi connectivity index (χ4n) is 2.97. The van der Waals surface area contributed by atoms with E-state index in [1.165, 1.54) is 0 Å². The zero-order chi connectivity index (χ0) is 16.8. The monoisotopic (exact) mass is 366 g/mol. The van der Waals surface area contributed by atoms with Gasteiger partial charge in [0.2, 0.25) is 5.75 Å². The van der Waals surface area contributed by atoms with Crippen molar-refractivity contribution < 1.29 is 13.9 Å². The van der Waals surface area contributed by atoms with E-state index in [2.05, 4.69) is 5.10 Å². The summed E-state index contributed by atoms with van der Waals surface area (Å²) in [4.78, 5) is 0. The Bertz CT molecular complexity index is 910. The predicted octanol–water partition coefficient (Wildman–Crippen LogP) is 4.69. The van der Waals surface area contributed by atoms with Crippen LogP contribution in [0.3, 0.4) is 0 Å². The Hall–Kier alpha value is -1.69. The van der Waals surface area contributed by atoms with E-state index >= 15 is 0 Å². The average molecular weight is 367 g/mol. The lowest BCUT2D eigenvalue weighted by molar-refractivity contribution is 0.141. The number of rotatable bonds is 3. The molecule has 1 aliphatic rings. The summed E-state index contributed by atoms with van der Waals surface area (Å²) < 4.78 is 19.1. The molecule has 0 amide bonds. The molecule has 126 valence electrons. The molecule has 0 bridgehead atoms. The molecule has 3 aromatic rings. The SMILES string of the molecule is Cc1nn2c(-c3ccc(Cl)cc3Cl)c(C)oc2c1OC1CCOC1. The number of hydrogen-bond acceptors (Lipinski definition) is 4. The average Bonchev–Trinajstić information content (AvgIpc) is 3.20. The Morgan fingerprint density at radius 1 is 1.29 bits per heavy atom. The highest BCUT2D eigenvalue weighted by molar-refractivity contribution is 6.36. The molecule has 0 aliphatic carbocycles. The molecule has 1 saturated heterocycles. The standard InChI is InChI=1S/C17H16Cl2N2O3/c1-9-16(24-12-5-6-22-8-12)17-21(20-9)15(10(2)23-17)13-4-3-11(18)7-14(13)19/h3-4,7,12H,5-6,8H2,1-2H3. The molecular formula is C17H16Cl2N2O3. The molecule has 1 aliphatic heterocycles. The van der Waals surface area contributed by atoms with E-state index in [0.717, 1.165) is 30.0 Å². The van der Waals surface area contributed by atoms with Crippen LogP contribution in [0.4, 0.5) is 0 Å². The summed E-state index contributed by atoms with van der Waals surface area (Å²) >= 11 is 12.4. The lowest BCUT2D eigenvalue weighted by Crippen LogP contribution is -2.15. The molecule has 0 spiro atoms. The molecule has 1 unspecified atom stereocenters. The van der Waals surface area contributed by atoms with E-state index < -0.39 is 0 Å². The minimum atomic E-state index is 0.0321. The molecule has 1 atom stereocenters. The largest absolute Gasteiger partial charge is 0.481 e. The van der Waals surface area contributed by atoms with Crippen LogP contribution in [0.1, 0.15) is 17.9 Å². The maximum absolute atomic E-state index is 6.36. The maximum atomic E-state index is 6.36. The van der Waals surface area contributed by atoms with Gasteiger partial charge in [0.05, 0.1) is 18.2 Å². The number of hydrogen-bond donors (Lipinski definition) is 0. The van der Waals surface area contributed by atoms with Crippen LogP contribution in [0.15, 0.2) is 22.6 Å². The molecule has 5 nitrogen and oxygen atoms in total. The van der Waals surface area contributed by atoms with Gasteiger partial charge in [-0.05, 0) is 32.0 Å². The van der Waals surface area contributed by atoms with Crippen LogP contribution in [-0.4, -0.2) is 28.9 Å². The topological polar surface area (TPSA) is 48.9 Å². The zero-order valence-corrected chi connectivity index (χ0v) is 14.8. The lowest BCUT2D eigenvalue weighted by atomic mass is 10.1. The van der Waals surface area contributed by atoms with Gasteiger partial charge in [0, 0.05) is 17.0 Å². The van der Waals surface area contributed by atoms with Gasteiger partial charge in [-0.1, -0.05) is 23.2 Å². The number of aromatic nitrogens is 2.